The first kappa shape index (κ1) is 24.1. The number of carbonyl (C=O) groups excluding carboxylic acids is 2. The zero-order chi connectivity index (χ0) is 24.3. The van der Waals surface area contributed by atoms with Crippen molar-refractivity contribution >= 4 is 17.5 Å². The molecule has 0 spiro atoms. The molecule has 2 aromatic rings. The lowest BCUT2D eigenvalue weighted by Gasteiger charge is -2.37. The van der Waals surface area contributed by atoms with Gasteiger partial charge in [0.15, 0.2) is 11.5 Å². The standard InChI is InChI=1S/C27H35N3O4/c1-27(2,3)15-25(31)30(22-11-7-20(28)8-12-22)16-18-4-9-21(10-5-18)29-26(32)19-6-13-23-24(14-19)34-17-33-23/h4-6,9-10,13-14,20,22H,7-8,11-12,15-17,28H2,1-3H3,(H,29,32). The third-order valence-corrected chi connectivity index (χ3v) is 6.38. The molecule has 1 saturated carbocycles. The van der Waals surface area contributed by atoms with Gasteiger partial charge in [0.1, 0.15) is 0 Å². The van der Waals surface area contributed by atoms with Gasteiger partial charge >= 0.3 is 0 Å². The molecule has 7 nitrogen and oxygen atoms in total. The van der Waals surface area contributed by atoms with Crippen LogP contribution in [-0.2, 0) is 11.3 Å². The molecule has 7 heteroatoms. The average molecular weight is 466 g/mol. The largest absolute Gasteiger partial charge is 0.454 e. The number of rotatable bonds is 6. The molecule has 3 N–H and O–H groups in total. The summed E-state index contributed by atoms with van der Waals surface area (Å²) >= 11 is 0. The summed E-state index contributed by atoms with van der Waals surface area (Å²) in [6, 6.07) is 13.3. The number of hydrogen-bond acceptors (Lipinski definition) is 5. The van der Waals surface area contributed by atoms with Crippen LogP contribution in [0.4, 0.5) is 5.69 Å². The van der Waals surface area contributed by atoms with Gasteiger partial charge in [-0.3, -0.25) is 9.59 Å². The Morgan fingerprint density at radius 3 is 2.35 bits per heavy atom. The summed E-state index contributed by atoms with van der Waals surface area (Å²) in [5.74, 6) is 1.19. The van der Waals surface area contributed by atoms with Crippen molar-refractivity contribution in [1.29, 1.82) is 0 Å². The summed E-state index contributed by atoms with van der Waals surface area (Å²) in [5, 5.41) is 2.92. The van der Waals surface area contributed by atoms with Crippen molar-refractivity contribution < 1.29 is 19.1 Å². The number of nitrogens with two attached hydrogens (primary N) is 1. The van der Waals surface area contributed by atoms with Crippen LogP contribution in [0.15, 0.2) is 42.5 Å². The fourth-order valence-corrected chi connectivity index (χ4v) is 4.52. The fraction of sp³-hybridized carbons (Fsp3) is 0.481. The van der Waals surface area contributed by atoms with E-state index in [1.807, 2.05) is 29.2 Å². The number of nitrogens with zero attached hydrogens (tertiary/aromatic N) is 1. The van der Waals surface area contributed by atoms with E-state index in [0.29, 0.717) is 35.7 Å². The molecule has 182 valence electrons. The Morgan fingerprint density at radius 2 is 1.68 bits per heavy atom. The Bertz CT molecular complexity index is 1020. The molecule has 4 rings (SSSR count). The maximum absolute atomic E-state index is 13.2. The minimum absolute atomic E-state index is 0.0662. The van der Waals surface area contributed by atoms with Crippen LogP contribution >= 0.6 is 0 Å². The van der Waals surface area contributed by atoms with Crippen molar-refractivity contribution in [2.75, 3.05) is 12.1 Å². The smallest absolute Gasteiger partial charge is 0.255 e. The fourth-order valence-electron chi connectivity index (χ4n) is 4.52. The molecular formula is C27H35N3O4. The van der Waals surface area contributed by atoms with E-state index < -0.39 is 0 Å². The lowest BCUT2D eigenvalue weighted by Crippen LogP contribution is -2.44. The van der Waals surface area contributed by atoms with Gasteiger partial charge < -0.3 is 25.4 Å². The molecule has 1 heterocycles. The molecule has 2 aromatic carbocycles. The summed E-state index contributed by atoms with van der Waals surface area (Å²) in [7, 11) is 0. The molecule has 0 saturated heterocycles. The zero-order valence-electron chi connectivity index (χ0n) is 20.3. The molecule has 0 unspecified atom stereocenters. The SMILES string of the molecule is CC(C)(C)CC(=O)N(Cc1ccc(NC(=O)c2ccc3c(c2)OCO3)cc1)C1CCC(N)CC1. The van der Waals surface area contributed by atoms with Crippen molar-refractivity contribution in [1.82, 2.24) is 4.90 Å². The zero-order valence-corrected chi connectivity index (χ0v) is 20.3. The number of fused-ring (bicyclic) bond motifs is 1. The first-order chi connectivity index (χ1) is 16.2. The highest BCUT2D eigenvalue weighted by Crippen LogP contribution is 2.33. The summed E-state index contributed by atoms with van der Waals surface area (Å²) in [4.78, 5) is 27.9. The molecule has 0 atom stereocenters. The lowest BCUT2D eigenvalue weighted by atomic mass is 9.88. The summed E-state index contributed by atoms with van der Waals surface area (Å²) < 4.78 is 10.7. The van der Waals surface area contributed by atoms with E-state index in [-0.39, 0.29) is 36.1 Å². The van der Waals surface area contributed by atoms with Crippen LogP contribution in [0.25, 0.3) is 0 Å². The Morgan fingerprint density at radius 1 is 1.00 bits per heavy atom. The Kier molecular flexibility index (Phi) is 7.12. The van der Waals surface area contributed by atoms with Gasteiger partial charge in [0.25, 0.3) is 5.91 Å². The molecule has 1 aliphatic heterocycles. The van der Waals surface area contributed by atoms with Crippen LogP contribution < -0.4 is 20.5 Å². The molecule has 0 bridgehead atoms. The van der Waals surface area contributed by atoms with Gasteiger partial charge in [-0.25, -0.2) is 0 Å². The van der Waals surface area contributed by atoms with E-state index in [1.165, 1.54) is 0 Å². The minimum Gasteiger partial charge on any atom is -0.454 e. The van der Waals surface area contributed by atoms with Gasteiger partial charge in [0.2, 0.25) is 12.7 Å². The van der Waals surface area contributed by atoms with Crippen LogP contribution in [-0.4, -0.2) is 35.6 Å². The molecule has 2 amide bonds. The number of ether oxygens (including phenoxy) is 2. The van der Waals surface area contributed by atoms with Crippen molar-refractivity contribution in [2.45, 2.75) is 71.5 Å². The second-order valence-electron chi connectivity index (χ2n) is 10.5. The third kappa shape index (κ3) is 6.08. The molecule has 2 aliphatic rings. The quantitative estimate of drug-likeness (QED) is 0.645. The summed E-state index contributed by atoms with van der Waals surface area (Å²) in [5.41, 5.74) is 8.27. The van der Waals surface area contributed by atoms with E-state index in [2.05, 4.69) is 26.1 Å². The summed E-state index contributed by atoms with van der Waals surface area (Å²) in [6.45, 7) is 7.02. The third-order valence-electron chi connectivity index (χ3n) is 6.38. The van der Waals surface area contributed by atoms with E-state index in [1.54, 1.807) is 18.2 Å². The van der Waals surface area contributed by atoms with E-state index in [9.17, 15) is 9.59 Å². The topological polar surface area (TPSA) is 93.9 Å². The number of benzene rings is 2. The highest BCUT2D eigenvalue weighted by atomic mass is 16.7. The number of amides is 2. The van der Waals surface area contributed by atoms with Gasteiger partial charge in [0, 0.05) is 36.3 Å². The Labute approximate surface area is 201 Å². The van der Waals surface area contributed by atoms with E-state index >= 15 is 0 Å². The predicted octanol–water partition coefficient (Wildman–Crippen LogP) is 4.70. The molecule has 34 heavy (non-hydrogen) atoms. The van der Waals surface area contributed by atoms with Crippen molar-refractivity contribution in [3.63, 3.8) is 0 Å². The van der Waals surface area contributed by atoms with Crippen LogP contribution in [0, 0.1) is 5.41 Å². The highest BCUT2D eigenvalue weighted by molar-refractivity contribution is 6.04. The van der Waals surface area contributed by atoms with Gasteiger partial charge in [-0.1, -0.05) is 32.9 Å². The van der Waals surface area contributed by atoms with Crippen LogP contribution in [0.1, 0.15) is 68.8 Å². The average Bonchev–Trinajstić information content (AvgIpc) is 3.26. The van der Waals surface area contributed by atoms with Gasteiger partial charge in [-0.15, -0.1) is 0 Å². The molecule has 0 radical (unpaired) electrons. The van der Waals surface area contributed by atoms with Gasteiger partial charge in [-0.2, -0.15) is 0 Å². The molecule has 0 aromatic heterocycles. The number of anilines is 1. The van der Waals surface area contributed by atoms with Crippen molar-refractivity contribution in [3.05, 3.63) is 53.6 Å². The number of nitrogens with one attached hydrogen (secondary N) is 1. The van der Waals surface area contributed by atoms with Crippen LogP contribution in [0.3, 0.4) is 0 Å². The molecular weight excluding hydrogens is 430 g/mol. The highest BCUT2D eigenvalue weighted by Gasteiger charge is 2.30. The Balaban J connectivity index is 1.42. The summed E-state index contributed by atoms with van der Waals surface area (Å²) in [6.07, 6.45) is 4.31. The predicted molar refractivity (Wildman–Crippen MR) is 132 cm³/mol. The first-order valence-corrected chi connectivity index (χ1v) is 12.0. The second kappa shape index (κ2) is 10.1. The molecule has 1 aliphatic carbocycles. The normalized spacial score (nSPS) is 19.5. The van der Waals surface area contributed by atoms with Crippen LogP contribution in [0.5, 0.6) is 11.5 Å². The second-order valence-corrected chi connectivity index (χ2v) is 10.5. The van der Waals surface area contributed by atoms with E-state index in [0.717, 1.165) is 31.2 Å². The monoisotopic (exact) mass is 465 g/mol. The van der Waals surface area contributed by atoms with Crippen molar-refractivity contribution in [3.8, 4) is 11.5 Å². The van der Waals surface area contributed by atoms with E-state index in [4.69, 9.17) is 15.2 Å². The Hall–Kier alpha value is -3.06. The van der Waals surface area contributed by atoms with Crippen LogP contribution in [0.2, 0.25) is 0 Å². The molecule has 1 fully saturated rings. The minimum atomic E-state index is -0.216. The lowest BCUT2D eigenvalue weighted by molar-refractivity contribution is -0.137. The number of hydrogen-bond donors (Lipinski definition) is 2. The van der Waals surface area contributed by atoms with Crippen molar-refractivity contribution in [2.24, 2.45) is 11.1 Å². The maximum Gasteiger partial charge on any atom is 0.255 e. The maximum atomic E-state index is 13.2. The van der Waals surface area contributed by atoms with Gasteiger partial charge in [-0.05, 0) is 67.0 Å². The van der Waals surface area contributed by atoms with Gasteiger partial charge in [0.05, 0.1) is 0 Å². The number of carbonyl (C=O) groups is 2. The first-order valence-electron chi connectivity index (χ1n) is 12.0.